The molecule has 1 heterocycles. The minimum absolute atomic E-state index is 0.537. The lowest BCUT2D eigenvalue weighted by Crippen LogP contribution is -2.50. The van der Waals surface area contributed by atoms with Crippen molar-refractivity contribution in [2.45, 2.75) is 51.0 Å². The van der Waals surface area contributed by atoms with Crippen LogP contribution in [-0.4, -0.2) is 16.1 Å². The Labute approximate surface area is 115 Å². The molecule has 0 spiro atoms. The van der Waals surface area contributed by atoms with Gasteiger partial charge in [0.05, 0.1) is 6.33 Å². The summed E-state index contributed by atoms with van der Waals surface area (Å²) in [6.07, 6.45) is 16.1. The zero-order chi connectivity index (χ0) is 12.9. The molecule has 2 N–H and O–H groups in total. The highest BCUT2D eigenvalue weighted by molar-refractivity contribution is 5.06. The van der Waals surface area contributed by atoms with Gasteiger partial charge in [-0.05, 0) is 74.7 Å². The predicted molar refractivity (Wildman–Crippen MR) is 75.5 cm³/mol. The normalized spacial score (nSPS) is 41.6. The van der Waals surface area contributed by atoms with Crippen molar-refractivity contribution in [3.8, 4) is 0 Å². The van der Waals surface area contributed by atoms with Crippen molar-refractivity contribution in [1.29, 1.82) is 0 Å². The zero-order valence-electron chi connectivity index (χ0n) is 11.7. The summed E-state index contributed by atoms with van der Waals surface area (Å²) in [6.45, 7) is 0.796. The van der Waals surface area contributed by atoms with Crippen LogP contribution in [0.1, 0.15) is 51.0 Å². The first-order valence-corrected chi connectivity index (χ1v) is 7.96. The Balaban J connectivity index is 1.68. The van der Waals surface area contributed by atoms with Gasteiger partial charge in [0.2, 0.25) is 0 Å². The molecule has 1 atom stereocenters. The minimum Gasteiger partial charge on any atom is -0.334 e. The van der Waals surface area contributed by atoms with Gasteiger partial charge in [0.1, 0.15) is 0 Å². The number of nitrogens with zero attached hydrogens (tertiary/aromatic N) is 2. The first-order chi connectivity index (χ1) is 9.29. The smallest absolute Gasteiger partial charge is 0.0948 e. The van der Waals surface area contributed by atoms with Crippen molar-refractivity contribution < 1.29 is 0 Å². The number of hydrogen-bond donors (Lipinski definition) is 1. The van der Waals surface area contributed by atoms with Crippen molar-refractivity contribution >= 4 is 0 Å². The Morgan fingerprint density at radius 3 is 2.26 bits per heavy atom. The van der Waals surface area contributed by atoms with Crippen LogP contribution in [0.2, 0.25) is 0 Å². The van der Waals surface area contributed by atoms with Gasteiger partial charge in [-0.1, -0.05) is 0 Å². The summed E-state index contributed by atoms with van der Waals surface area (Å²) < 4.78 is 2.36. The van der Waals surface area contributed by atoms with Crippen molar-refractivity contribution in [3.63, 3.8) is 0 Å². The third-order valence-corrected chi connectivity index (χ3v) is 6.12. The molecule has 3 nitrogen and oxygen atoms in total. The Bertz CT molecular complexity index is 402. The summed E-state index contributed by atoms with van der Waals surface area (Å²) in [5, 5.41) is 0. The van der Waals surface area contributed by atoms with Gasteiger partial charge in [0.25, 0.3) is 0 Å². The topological polar surface area (TPSA) is 43.8 Å². The summed E-state index contributed by atoms with van der Waals surface area (Å²) in [5.74, 6) is 3.03. The lowest BCUT2D eigenvalue weighted by Gasteiger charge is -2.59. The van der Waals surface area contributed by atoms with Crippen molar-refractivity contribution in [1.82, 2.24) is 9.55 Å². The average molecular weight is 259 g/mol. The van der Waals surface area contributed by atoms with Crippen molar-refractivity contribution in [3.05, 3.63) is 18.7 Å². The highest BCUT2D eigenvalue weighted by Crippen LogP contribution is 2.64. The second-order valence-electron chi connectivity index (χ2n) is 7.38. The standard InChI is InChI=1S/C16H25N3/c17-2-1-15(19-4-3-18-11-19)16-8-12-5-13(9-16)7-14(6-12)10-16/h3-4,11-15H,1-2,5-10,17H2. The van der Waals surface area contributed by atoms with E-state index in [0.29, 0.717) is 11.5 Å². The van der Waals surface area contributed by atoms with Gasteiger partial charge < -0.3 is 10.3 Å². The number of imidazole rings is 1. The fourth-order valence-corrected chi connectivity index (χ4v) is 5.97. The molecule has 4 aliphatic rings. The van der Waals surface area contributed by atoms with E-state index in [2.05, 4.69) is 15.7 Å². The number of aromatic nitrogens is 2. The molecule has 1 aromatic rings. The van der Waals surface area contributed by atoms with E-state index in [1.165, 1.54) is 38.5 Å². The molecule has 3 heteroatoms. The summed E-state index contributed by atoms with van der Waals surface area (Å²) in [4.78, 5) is 4.28. The highest BCUT2D eigenvalue weighted by atomic mass is 15.1. The summed E-state index contributed by atoms with van der Waals surface area (Å²) in [5.41, 5.74) is 6.46. The number of nitrogens with two attached hydrogens (primary N) is 1. The Hall–Kier alpha value is -0.830. The molecule has 19 heavy (non-hydrogen) atoms. The molecule has 0 aliphatic heterocycles. The molecular formula is C16H25N3. The lowest BCUT2D eigenvalue weighted by molar-refractivity contribution is -0.0840. The fraction of sp³-hybridized carbons (Fsp3) is 0.812. The monoisotopic (exact) mass is 259 g/mol. The van der Waals surface area contributed by atoms with Gasteiger partial charge in [0.15, 0.2) is 0 Å². The second-order valence-corrected chi connectivity index (χ2v) is 7.38. The molecule has 4 fully saturated rings. The maximum atomic E-state index is 5.92. The van der Waals surface area contributed by atoms with E-state index >= 15 is 0 Å². The van der Waals surface area contributed by atoms with Crippen molar-refractivity contribution in [2.24, 2.45) is 28.9 Å². The highest BCUT2D eigenvalue weighted by Gasteiger charge is 2.54. The van der Waals surface area contributed by atoms with Gasteiger partial charge in [-0.3, -0.25) is 0 Å². The van der Waals surface area contributed by atoms with E-state index in [0.717, 1.165) is 30.7 Å². The summed E-state index contributed by atoms with van der Waals surface area (Å²) in [6, 6.07) is 0.591. The van der Waals surface area contributed by atoms with Gasteiger partial charge in [-0.2, -0.15) is 0 Å². The van der Waals surface area contributed by atoms with E-state index in [9.17, 15) is 0 Å². The molecule has 1 aromatic heterocycles. The summed E-state index contributed by atoms with van der Waals surface area (Å²) >= 11 is 0. The maximum Gasteiger partial charge on any atom is 0.0948 e. The van der Waals surface area contributed by atoms with E-state index < -0.39 is 0 Å². The van der Waals surface area contributed by atoms with Gasteiger partial charge >= 0.3 is 0 Å². The second kappa shape index (κ2) is 4.34. The van der Waals surface area contributed by atoms with Crippen LogP contribution in [-0.2, 0) is 0 Å². The first-order valence-electron chi connectivity index (χ1n) is 7.96. The largest absolute Gasteiger partial charge is 0.334 e. The average Bonchev–Trinajstić information content (AvgIpc) is 2.87. The quantitative estimate of drug-likeness (QED) is 0.903. The van der Waals surface area contributed by atoms with Crippen LogP contribution in [0, 0.1) is 23.2 Å². The van der Waals surface area contributed by atoms with Crippen LogP contribution < -0.4 is 5.73 Å². The summed E-state index contributed by atoms with van der Waals surface area (Å²) in [7, 11) is 0. The fourth-order valence-electron chi connectivity index (χ4n) is 5.97. The first kappa shape index (κ1) is 12.0. The molecule has 4 aliphatic carbocycles. The lowest BCUT2D eigenvalue weighted by atomic mass is 9.47. The van der Waals surface area contributed by atoms with Gasteiger partial charge in [-0.25, -0.2) is 4.98 Å². The molecule has 104 valence electrons. The molecule has 0 aromatic carbocycles. The SMILES string of the molecule is NCCC(n1ccnc1)C12CC3CC(CC(C3)C1)C2. The molecule has 0 radical (unpaired) electrons. The molecule has 4 saturated carbocycles. The van der Waals surface area contributed by atoms with Gasteiger partial charge in [0, 0.05) is 18.4 Å². The van der Waals surface area contributed by atoms with Crippen LogP contribution in [0.4, 0.5) is 0 Å². The van der Waals surface area contributed by atoms with E-state index in [4.69, 9.17) is 5.73 Å². The minimum atomic E-state index is 0.537. The Morgan fingerprint density at radius 2 is 1.79 bits per heavy atom. The van der Waals surface area contributed by atoms with Crippen LogP contribution in [0.15, 0.2) is 18.7 Å². The van der Waals surface area contributed by atoms with Crippen molar-refractivity contribution in [2.75, 3.05) is 6.54 Å². The molecule has 0 amide bonds. The van der Waals surface area contributed by atoms with Crippen LogP contribution in [0.5, 0.6) is 0 Å². The molecule has 5 rings (SSSR count). The molecule has 4 bridgehead atoms. The molecular weight excluding hydrogens is 234 g/mol. The third-order valence-electron chi connectivity index (χ3n) is 6.12. The predicted octanol–water partition coefficient (Wildman–Crippen LogP) is 2.99. The van der Waals surface area contributed by atoms with Crippen LogP contribution in [0.3, 0.4) is 0 Å². The molecule has 1 unspecified atom stereocenters. The van der Waals surface area contributed by atoms with E-state index in [1.54, 1.807) is 0 Å². The number of hydrogen-bond acceptors (Lipinski definition) is 2. The number of rotatable bonds is 4. The van der Waals surface area contributed by atoms with E-state index in [-0.39, 0.29) is 0 Å². The van der Waals surface area contributed by atoms with Crippen LogP contribution in [0.25, 0.3) is 0 Å². The van der Waals surface area contributed by atoms with Gasteiger partial charge in [-0.15, -0.1) is 0 Å². The zero-order valence-corrected chi connectivity index (χ0v) is 11.7. The van der Waals surface area contributed by atoms with Crippen LogP contribution >= 0.6 is 0 Å². The molecule has 0 saturated heterocycles. The maximum absolute atomic E-state index is 5.92. The van der Waals surface area contributed by atoms with E-state index in [1.807, 2.05) is 12.5 Å². The Kier molecular flexibility index (Phi) is 2.73. The Morgan fingerprint density at radius 1 is 1.16 bits per heavy atom. The third kappa shape index (κ3) is 1.85.